The van der Waals surface area contributed by atoms with Crippen LogP contribution in [0.3, 0.4) is 0 Å². The van der Waals surface area contributed by atoms with Crippen molar-refractivity contribution in [3.63, 3.8) is 0 Å². The number of nitrogens with one attached hydrogen (secondary N) is 1. The molecule has 0 radical (unpaired) electrons. The molecule has 29 heavy (non-hydrogen) atoms. The van der Waals surface area contributed by atoms with Crippen LogP contribution in [0.5, 0.6) is 0 Å². The molecular weight excluding hydrogens is 360 g/mol. The van der Waals surface area contributed by atoms with Gasteiger partial charge in [0.25, 0.3) is 5.56 Å². The van der Waals surface area contributed by atoms with Crippen molar-refractivity contribution in [2.24, 2.45) is 0 Å². The lowest BCUT2D eigenvalue weighted by Gasteiger charge is -2.23. The third-order valence-corrected chi connectivity index (χ3v) is 5.34. The van der Waals surface area contributed by atoms with Gasteiger partial charge in [-0.05, 0) is 60.6 Å². The van der Waals surface area contributed by atoms with Gasteiger partial charge in [-0.3, -0.25) is 9.78 Å². The lowest BCUT2D eigenvalue weighted by molar-refractivity contribution is 0.814. The first-order valence-corrected chi connectivity index (χ1v) is 9.80. The molecule has 5 nitrogen and oxygen atoms in total. The van der Waals surface area contributed by atoms with E-state index in [2.05, 4.69) is 21.0 Å². The highest BCUT2D eigenvalue weighted by Gasteiger charge is 2.24. The van der Waals surface area contributed by atoms with Gasteiger partial charge in [0.2, 0.25) is 0 Å². The number of pyridine rings is 2. The number of rotatable bonds is 2. The Hall–Kier alpha value is -3.60. The van der Waals surface area contributed by atoms with Gasteiger partial charge in [-0.25, -0.2) is 9.97 Å². The fourth-order valence-electron chi connectivity index (χ4n) is 4.13. The van der Waals surface area contributed by atoms with Crippen LogP contribution < -0.4 is 5.56 Å². The van der Waals surface area contributed by atoms with E-state index in [0.717, 1.165) is 52.8 Å². The largest absolute Gasteiger partial charge is 0.310 e. The van der Waals surface area contributed by atoms with E-state index in [4.69, 9.17) is 4.98 Å². The average molecular weight is 380 g/mol. The third kappa shape index (κ3) is 3.14. The molecule has 0 atom stereocenters. The van der Waals surface area contributed by atoms with Crippen molar-refractivity contribution in [2.45, 2.75) is 26.2 Å². The zero-order valence-electron chi connectivity index (χ0n) is 16.1. The van der Waals surface area contributed by atoms with Gasteiger partial charge < -0.3 is 4.98 Å². The number of aryl methyl sites for hydroxylation is 1. The van der Waals surface area contributed by atoms with E-state index in [0.29, 0.717) is 16.9 Å². The molecule has 3 heterocycles. The van der Waals surface area contributed by atoms with E-state index in [1.54, 1.807) is 13.1 Å². The molecular formula is C24H20N4O. The Bertz CT molecular complexity index is 1290. The quantitative estimate of drug-likeness (QED) is 0.553. The van der Waals surface area contributed by atoms with E-state index < -0.39 is 0 Å². The summed E-state index contributed by atoms with van der Waals surface area (Å²) in [6, 6.07) is 14.1. The van der Waals surface area contributed by atoms with Crippen molar-refractivity contribution in [3.05, 3.63) is 87.9 Å². The van der Waals surface area contributed by atoms with Gasteiger partial charge in [-0.15, -0.1) is 0 Å². The molecule has 0 bridgehead atoms. The number of hydrogen-bond donors (Lipinski definition) is 1. The molecule has 0 saturated carbocycles. The van der Waals surface area contributed by atoms with Crippen molar-refractivity contribution >= 4 is 22.7 Å². The second-order valence-corrected chi connectivity index (χ2v) is 7.34. The van der Waals surface area contributed by atoms with Crippen LogP contribution in [0, 0.1) is 6.92 Å². The molecule has 0 saturated heterocycles. The molecule has 1 aliphatic carbocycles. The Labute approximate surface area is 168 Å². The van der Waals surface area contributed by atoms with Gasteiger partial charge in [0.15, 0.2) is 5.65 Å². The number of fused-ring (bicyclic) bond motifs is 2. The van der Waals surface area contributed by atoms with Crippen molar-refractivity contribution in [3.8, 4) is 11.1 Å². The van der Waals surface area contributed by atoms with Gasteiger partial charge in [-0.2, -0.15) is 0 Å². The number of nitrogens with zero attached hydrogens (tertiary/aromatic N) is 3. The third-order valence-electron chi connectivity index (χ3n) is 5.34. The zero-order chi connectivity index (χ0) is 19.8. The highest BCUT2D eigenvalue weighted by Crippen LogP contribution is 2.39. The van der Waals surface area contributed by atoms with Crippen molar-refractivity contribution in [2.75, 3.05) is 0 Å². The van der Waals surface area contributed by atoms with Crippen LogP contribution >= 0.6 is 0 Å². The van der Waals surface area contributed by atoms with Crippen LogP contribution in [0.15, 0.2) is 59.7 Å². The maximum atomic E-state index is 12.9. The Kier molecular flexibility index (Phi) is 4.28. The molecule has 3 aromatic heterocycles. The number of allylic oxidation sites excluding steroid dienone is 1. The summed E-state index contributed by atoms with van der Waals surface area (Å²) in [5, 5.41) is 0.572. The van der Waals surface area contributed by atoms with E-state index in [1.807, 2.05) is 48.7 Å². The average Bonchev–Trinajstić information content (AvgIpc) is 2.74. The fraction of sp³-hybridized carbons (Fsp3) is 0.167. The minimum atomic E-state index is -0.134. The molecule has 142 valence electrons. The molecule has 1 aliphatic rings. The van der Waals surface area contributed by atoms with E-state index >= 15 is 0 Å². The van der Waals surface area contributed by atoms with Crippen LogP contribution in [0.1, 0.15) is 35.5 Å². The van der Waals surface area contributed by atoms with Crippen LogP contribution in [0.25, 0.3) is 33.8 Å². The maximum absolute atomic E-state index is 12.9. The molecule has 1 N–H and O–H groups in total. The molecule has 0 amide bonds. The van der Waals surface area contributed by atoms with Gasteiger partial charge in [-0.1, -0.05) is 36.4 Å². The lowest BCUT2D eigenvalue weighted by Crippen LogP contribution is -2.16. The van der Waals surface area contributed by atoms with Gasteiger partial charge in [0.1, 0.15) is 5.82 Å². The first-order valence-electron chi connectivity index (χ1n) is 9.80. The minimum absolute atomic E-state index is 0.134. The molecule has 0 fully saturated rings. The number of hydrogen-bond acceptors (Lipinski definition) is 4. The van der Waals surface area contributed by atoms with Gasteiger partial charge >= 0.3 is 0 Å². The highest BCUT2D eigenvalue weighted by atomic mass is 16.1. The number of aromatic amines is 1. The molecule has 4 aromatic rings. The molecule has 0 unspecified atom stereocenters. The van der Waals surface area contributed by atoms with Crippen molar-refractivity contribution < 1.29 is 0 Å². The first-order chi connectivity index (χ1) is 14.2. The molecule has 1 aromatic carbocycles. The summed E-state index contributed by atoms with van der Waals surface area (Å²) in [6.45, 7) is 1.79. The van der Waals surface area contributed by atoms with E-state index in [1.165, 1.54) is 0 Å². The van der Waals surface area contributed by atoms with Crippen LogP contribution in [0.4, 0.5) is 0 Å². The Balaban J connectivity index is 1.86. The summed E-state index contributed by atoms with van der Waals surface area (Å²) in [7, 11) is 0. The van der Waals surface area contributed by atoms with Gasteiger partial charge in [0.05, 0.1) is 11.1 Å². The molecule has 0 aliphatic heterocycles. The standard InChI is InChI=1S/C24H20N4O/c1-15-26-23-21(24(29)27-15)20(17-8-3-2-4-9-17)19-11-5-10-18(22(19)28-23)13-16-7-6-12-25-14-16/h2-4,6-9,12-14H,5,10-11H2,1H3,(H,26,27,28,29). The monoisotopic (exact) mass is 380 g/mol. The van der Waals surface area contributed by atoms with Gasteiger partial charge in [0, 0.05) is 18.0 Å². The van der Waals surface area contributed by atoms with Crippen molar-refractivity contribution in [1.82, 2.24) is 19.9 Å². The highest BCUT2D eigenvalue weighted by molar-refractivity contribution is 5.98. The van der Waals surface area contributed by atoms with Crippen LogP contribution in [-0.2, 0) is 6.42 Å². The predicted molar refractivity (Wildman–Crippen MR) is 115 cm³/mol. The van der Waals surface area contributed by atoms with E-state index in [-0.39, 0.29) is 5.56 Å². The van der Waals surface area contributed by atoms with Crippen LogP contribution in [-0.4, -0.2) is 19.9 Å². The maximum Gasteiger partial charge on any atom is 0.261 e. The van der Waals surface area contributed by atoms with Crippen molar-refractivity contribution in [1.29, 1.82) is 0 Å². The Morgan fingerprint density at radius 1 is 1.03 bits per heavy atom. The predicted octanol–water partition coefficient (Wildman–Crippen LogP) is 4.57. The summed E-state index contributed by atoms with van der Waals surface area (Å²) >= 11 is 0. The second kappa shape index (κ2) is 7.09. The normalized spacial score (nSPS) is 14.9. The lowest BCUT2D eigenvalue weighted by atomic mass is 9.84. The summed E-state index contributed by atoms with van der Waals surface area (Å²) in [5.74, 6) is 0.572. The zero-order valence-corrected chi connectivity index (χ0v) is 16.1. The molecule has 0 spiro atoms. The van der Waals surface area contributed by atoms with E-state index in [9.17, 15) is 4.79 Å². The topological polar surface area (TPSA) is 71.5 Å². The number of aromatic nitrogens is 4. The SMILES string of the molecule is Cc1nc2nc3c(c(-c4ccccc4)c2c(=O)[nH]1)CCCC3=Cc1cccnc1. The summed E-state index contributed by atoms with van der Waals surface area (Å²) in [6.07, 6.45) is 8.63. The Morgan fingerprint density at radius 3 is 2.69 bits per heavy atom. The smallest absolute Gasteiger partial charge is 0.261 e. The summed E-state index contributed by atoms with van der Waals surface area (Å²) in [4.78, 5) is 29.4. The summed E-state index contributed by atoms with van der Waals surface area (Å²) in [5.41, 5.74) is 6.63. The minimum Gasteiger partial charge on any atom is -0.310 e. The first kappa shape index (κ1) is 17.5. The number of benzene rings is 1. The fourth-order valence-corrected chi connectivity index (χ4v) is 4.13. The molecule has 5 heteroatoms. The second-order valence-electron chi connectivity index (χ2n) is 7.34. The van der Waals surface area contributed by atoms with Crippen LogP contribution in [0.2, 0.25) is 0 Å². The Morgan fingerprint density at radius 2 is 1.90 bits per heavy atom. The molecule has 5 rings (SSSR count). The summed E-state index contributed by atoms with van der Waals surface area (Å²) < 4.78 is 0. The number of H-pyrrole nitrogens is 1.